The highest BCUT2D eigenvalue weighted by Gasteiger charge is 2.25. The van der Waals surface area contributed by atoms with E-state index in [1.807, 2.05) is 6.26 Å². The monoisotopic (exact) mass is 395 g/mol. The lowest BCUT2D eigenvalue weighted by molar-refractivity contribution is -0.132. The Morgan fingerprint density at radius 3 is 2.73 bits per heavy atom. The van der Waals surface area contributed by atoms with Crippen molar-refractivity contribution in [3.05, 3.63) is 52.4 Å². The van der Waals surface area contributed by atoms with Crippen LogP contribution in [0, 0.1) is 6.92 Å². The average molecular weight is 396 g/mol. The number of nitrogens with one attached hydrogen (secondary N) is 1. The van der Waals surface area contributed by atoms with E-state index in [0.717, 1.165) is 5.75 Å². The Morgan fingerprint density at radius 1 is 1.38 bits per heavy atom. The molecule has 1 N–H and O–H groups in total. The van der Waals surface area contributed by atoms with Gasteiger partial charge in [0.05, 0.1) is 17.1 Å². The smallest absolute Gasteiger partial charge is 0.253 e. The third kappa shape index (κ3) is 5.51. The van der Waals surface area contributed by atoms with Gasteiger partial charge in [-0.05, 0) is 37.5 Å². The van der Waals surface area contributed by atoms with Crippen LogP contribution < -0.4 is 5.32 Å². The molecule has 0 saturated heterocycles. The van der Waals surface area contributed by atoms with Gasteiger partial charge in [-0.15, -0.1) is 0 Å². The van der Waals surface area contributed by atoms with Crippen LogP contribution in [0.2, 0.25) is 5.02 Å². The van der Waals surface area contributed by atoms with Crippen molar-refractivity contribution < 1.29 is 14.1 Å². The van der Waals surface area contributed by atoms with Crippen molar-refractivity contribution >= 4 is 35.2 Å². The predicted octanol–water partition coefficient (Wildman–Crippen LogP) is 3.15. The van der Waals surface area contributed by atoms with Gasteiger partial charge in [0.1, 0.15) is 17.5 Å². The van der Waals surface area contributed by atoms with Crippen LogP contribution in [-0.2, 0) is 11.3 Å². The molecule has 1 heterocycles. The van der Waals surface area contributed by atoms with Gasteiger partial charge in [0.2, 0.25) is 5.91 Å². The molecule has 0 fully saturated rings. The van der Waals surface area contributed by atoms with E-state index in [4.69, 9.17) is 16.1 Å². The zero-order valence-corrected chi connectivity index (χ0v) is 16.6. The van der Waals surface area contributed by atoms with Gasteiger partial charge in [-0.25, -0.2) is 0 Å². The summed E-state index contributed by atoms with van der Waals surface area (Å²) in [6.07, 6.45) is 2.48. The van der Waals surface area contributed by atoms with Crippen molar-refractivity contribution in [1.29, 1.82) is 0 Å². The molecule has 1 unspecified atom stereocenters. The number of benzene rings is 1. The number of aromatic nitrogens is 1. The fourth-order valence-electron chi connectivity index (χ4n) is 2.45. The van der Waals surface area contributed by atoms with Crippen molar-refractivity contribution in [1.82, 2.24) is 15.4 Å². The Bertz CT molecular complexity index is 766. The molecule has 1 atom stereocenters. The van der Waals surface area contributed by atoms with E-state index in [9.17, 15) is 9.59 Å². The number of hydrogen-bond donors (Lipinski definition) is 1. The first-order chi connectivity index (χ1) is 12.4. The minimum Gasteiger partial charge on any atom is -0.361 e. The van der Waals surface area contributed by atoms with Gasteiger partial charge in [0.15, 0.2) is 0 Å². The number of likely N-dealkylation sites (N-methyl/N-ethyl adjacent to an activating group) is 1. The van der Waals surface area contributed by atoms with Crippen molar-refractivity contribution in [3.63, 3.8) is 0 Å². The molecule has 0 aliphatic carbocycles. The maximum atomic E-state index is 12.8. The molecule has 140 valence electrons. The lowest BCUT2D eigenvalue weighted by atomic mass is 10.1. The Kier molecular flexibility index (Phi) is 7.53. The third-order valence-electron chi connectivity index (χ3n) is 3.78. The largest absolute Gasteiger partial charge is 0.361 e. The van der Waals surface area contributed by atoms with Crippen molar-refractivity contribution in [2.24, 2.45) is 0 Å². The number of carbonyl (C=O) groups excluding carboxylic acids is 2. The fourth-order valence-corrected chi connectivity index (χ4v) is 3.15. The van der Waals surface area contributed by atoms with E-state index in [1.54, 1.807) is 56.1 Å². The molecule has 0 spiro atoms. The summed E-state index contributed by atoms with van der Waals surface area (Å²) in [5.74, 6) is 0.892. The molecule has 0 radical (unpaired) electrons. The Morgan fingerprint density at radius 2 is 2.12 bits per heavy atom. The van der Waals surface area contributed by atoms with Crippen molar-refractivity contribution in [3.8, 4) is 0 Å². The fraction of sp³-hybridized carbons (Fsp3) is 0.389. The molecule has 1 aromatic heterocycles. The molecule has 0 aliphatic rings. The SMILES string of the molecule is CSCCC(NC(=O)c1ccccc1Cl)C(=O)N(C)Cc1cc(C)on1. The van der Waals surface area contributed by atoms with E-state index in [1.165, 1.54) is 4.90 Å². The number of nitrogens with zero attached hydrogens (tertiary/aromatic N) is 2. The summed E-state index contributed by atoms with van der Waals surface area (Å²) in [6.45, 7) is 2.11. The number of aryl methyl sites for hydroxylation is 1. The second-order valence-electron chi connectivity index (χ2n) is 5.91. The van der Waals surface area contributed by atoms with E-state index in [2.05, 4.69) is 10.5 Å². The Hall–Kier alpha value is -1.99. The molecule has 8 heteroatoms. The predicted molar refractivity (Wildman–Crippen MR) is 103 cm³/mol. The highest BCUT2D eigenvalue weighted by Crippen LogP contribution is 2.16. The summed E-state index contributed by atoms with van der Waals surface area (Å²) in [6, 6.07) is 7.92. The first-order valence-corrected chi connectivity index (χ1v) is 9.91. The molecule has 2 rings (SSSR count). The van der Waals surface area contributed by atoms with Crippen LogP contribution in [0.15, 0.2) is 34.9 Å². The first kappa shape index (κ1) is 20.3. The molecular weight excluding hydrogens is 374 g/mol. The molecule has 26 heavy (non-hydrogen) atoms. The number of thioether (sulfide) groups is 1. The van der Waals surface area contributed by atoms with Crippen LogP contribution in [0.25, 0.3) is 0 Å². The van der Waals surface area contributed by atoms with Crippen LogP contribution >= 0.6 is 23.4 Å². The normalized spacial score (nSPS) is 11.8. The minimum atomic E-state index is -0.635. The van der Waals surface area contributed by atoms with Crippen LogP contribution in [0.5, 0.6) is 0 Å². The summed E-state index contributed by atoms with van der Waals surface area (Å²) in [5, 5.41) is 7.06. The quantitative estimate of drug-likeness (QED) is 0.743. The van der Waals surface area contributed by atoms with Gasteiger partial charge in [0, 0.05) is 13.1 Å². The topological polar surface area (TPSA) is 75.4 Å². The molecule has 6 nitrogen and oxygen atoms in total. The summed E-state index contributed by atoms with van der Waals surface area (Å²) in [4.78, 5) is 26.9. The van der Waals surface area contributed by atoms with E-state index in [0.29, 0.717) is 35.0 Å². The molecule has 0 bridgehead atoms. The summed E-state index contributed by atoms with van der Waals surface area (Å²) in [5.41, 5.74) is 1.02. The number of carbonyl (C=O) groups is 2. The van der Waals surface area contributed by atoms with Crippen molar-refractivity contribution in [2.45, 2.75) is 25.9 Å². The number of halogens is 1. The third-order valence-corrected chi connectivity index (χ3v) is 4.76. The second-order valence-corrected chi connectivity index (χ2v) is 7.30. The molecule has 0 saturated carbocycles. The minimum absolute atomic E-state index is 0.180. The second kappa shape index (κ2) is 9.64. The number of hydrogen-bond acceptors (Lipinski definition) is 5. The van der Waals surface area contributed by atoms with Gasteiger partial charge < -0.3 is 14.7 Å². The Balaban J connectivity index is 2.08. The van der Waals surface area contributed by atoms with Gasteiger partial charge in [-0.3, -0.25) is 9.59 Å². The zero-order valence-electron chi connectivity index (χ0n) is 15.0. The first-order valence-electron chi connectivity index (χ1n) is 8.14. The highest BCUT2D eigenvalue weighted by molar-refractivity contribution is 7.98. The lowest BCUT2D eigenvalue weighted by Crippen LogP contribution is -2.47. The molecule has 1 aromatic carbocycles. The average Bonchev–Trinajstić information content (AvgIpc) is 3.02. The maximum absolute atomic E-state index is 12.8. The molecule has 2 aromatic rings. The Labute approximate surface area is 162 Å². The van der Waals surface area contributed by atoms with Gasteiger partial charge >= 0.3 is 0 Å². The molecular formula is C18H22ClN3O3S. The number of rotatable bonds is 8. The van der Waals surface area contributed by atoms with Gasteiger partial charge in [0.25, 0.3) is 5.91 Å². The van der Waals surface area contributed by atoms with Crippen LogP contribution in [0.1, 0.15) is 28.2 Å². The summed E-state index contributed by atoms with van der Waals surface area (Å²) < 4.78 is 5.03. The van der Waals surface area contributed by atoms with E-state index in [-0.39, 0.29) is 11.8 Å². The van der Waals surface area contributed by atoms with Crippen LogP contribution in [-0.4, -0.2) is 47.0 Å². The van der Waals surface area contributed by atoms with Gasteiger partial charge in [-0.2, -0.15) is 11.8 Å². The zero-order chi connectivity index (χ0) is 19.1. The maximum Gasteiger partial charge on any atom is 0.253 e. The van der Waals surface area contributed by atoms with Crippen molar-refractivity contribution in [2.75, 3.05) is 19.1 Å². The lowest BCUT2D eigenvalue weighted by Gasteiger charge is -2.24. The van der Waals surface area contributed by atoms with E-state index < -0.39 is 6.04 Å². The highest BCUT2D eigenvalue weighted by atomic mass is 35.5. The standard InChI is InChI=1S/C18H22ClN3O3S/c1-12-10-13(21-25-12)11-22(2)18(24)16(8-9-26-3)20-17(23)14-6-4-5-7-15(14)19/h4-7,10,16H,8-9,11H2,1-3H3,(H,20,23). The van der Waals surface area contributed by atoms with Crippen LogP contribution in [0.3, 0.4) is 0 Å². The van der Waals surface area contributed by atoms with Crippen LogP contribution in [0.4, 0.5) is 0 Å². The summed E-state index contributed by atoms with van der Waals surface area (Å²) >= 11 is 7.70. The van der Waals surface area contributed by atoms with E-state index >= 15 is 0 Å². The molecule has 0 aliphatic heterocycles. The number of amides is 2. The van der Waals surface area contributed by atoms with Gasteiger partial charge in [-0.1, -0.05) is 28.9 Å². The summed E-state index contributed by atoms with van der Waals surface area (Å²) in [7, 11) is 1.68. The molecule has 2 amide bonds.